The molecule has 1 fully saturated rings. The van der Waals surface area contributed by atoms with E-state index in [9.17, 15) is 9.59 Å². The molecular weight excluding hydrogens is 562 g/mol. The van der Waals surface area contributed by atoms with Crippen molar-refractivity contribution >= 4 is 29.5 Å². The lowest BCUT2D eigenvalue weighted by atomic mass is 9.96. The Kier molecular flexibility index (Phi) is 15.7. The van der Waals surface area contributed by atoms with E-state index in [1.165, 1.54) is 19.3 Å². The molecule has 14 heteroatoms. The summed E-state index contributed by atoms with van der Waals surface area (Å²) in [6.45, 7) is 10.6. The van der Waals surface area contributed by atoms with Crippen LogP contribution in [0.15, 0.2) is 12.3 Å². The maximum Gasteiger partial charge on any atom is 0.303 e. The highest BCUT2D eigenvalue weighted by Gasteiger charge is 2.26. The molecule has 7 N–H and O–H groups in total. The summed E-state index contributed by atoms with van der Waals surface area (Å²) in [5, 5.41) is 30.5. The number of carbonyl (C=O) groups excluding carboxylic acids is 1. The normalized spacial score (nSPS) is 14.5. The molecular formula is C30H53N11O3. The second-order valence-electron chi connectivity index (χ2n) is 11.5. The minimum absolute atomic E-state index is 0.0321. The highest BCUT2D eigenvalue weighted by Crippen LogP contribution is 2.24. The number of carboxylic acids is 1. The van der Waals surface area contributed by atoms with E-state index in [0.717, 1.165) is 50.5 Å². The third-order valence-corrected chi connectivity index (χ3v) is 7.89. The Labute approximate surface area is 261 Å². The van der Waals surface area contributed by atoms with Gasteiger partial charge in [0.05, 0.1) is 12.7 Å². The van der Waals surface area contributed by atoms with Gasteiger partial charge in [0.25, 0.3) is 0 Å². The number of anilines is 3. The van der Waals surface area contributed by atoms with Crippen LogP contribution >= 0.6 is 0 Å². The van der Waals surface area contributed by atoms with Gasteiger partial charge in [0, 0.05) is 50.6 Å². The number of unbranched alkanes of at least 4 members (excludes halogenated alkanes) is 1. The van der Waals surface area contributed by atoms with Crippen LogP contribution in [-0.2, 0) is 22.7 Å². The Morgan fingerprint density at radius 3 is 2.61 bits per heavy atom. The summed E-state index contributed by atoms with van der Waals surface area (Å²) >= 11 is 0. The van der Waals surface area contributed by atoms with Crippen molar-refractivity contribution in [3.63, 3.8) is 0 Å². The van der Waals surface area contributed by atoms with Crippen molar-refractivity contribution in [2.24, 2.45) is 5.92 Å². The number of carbonyl (C=O) groups is 2. The first kappa shape index (κ1) is 35.0. The molecule has 0 spiro atoms. The van der Waals surface area contributed by atoms with Crippen molar-refractivity contribution in [1.29, 1.82) is 0 Å². The van der Waals surface area contributed by atoms with E-state index >= 15 is 0 Å². The number of aliphatic carboxylic acids is 1. The first-order valence-electron chi connectivity index (χ1n) is 16.3. The van der Waals surface area contributed by atoms with Gasteiger partial charge in [0.1, 0.15) is 17.3 Å². The quantitative estimate of drug-likeness (QED) is 0.106. The average molecular weight is 616 g/mol. The topological polar surface area (TPSA) is 188 Å². The van der Waals surface area contributed by atoms with E-state index in [1.54, 1.807) is 6.07 Å². The van der Waals surface area contributed by atoms with Crippen LogP contribution in [0.4, 0.5) is 17.6 Å². The highest BCUT2D eigenvalue weighted by molar-refractivity contribution is 5.79. The predicted octanol–water partition coefficient (Wildman–Crippen LogP) is 2.39. The number of carboxylic acid groups (broad SMARTS) is 1. The lowest BCUT2D eigenvalue weighted by Gasteiger charge is -2.32. The van der Waals surface area contributed by atoms with Gasteiger partial charge < -0.3 is 37.0 Å². The van der Waals surface area contributed by atoms with Gasteiger partial charge in [0.15, 0.2) is 0 Å². The molecule has 3 heterocycles. The molecule has 1 aliphatic rings. The molecule has 2 aromatic heterocycles. The first-order chi connectivity index (χ1) is 21.4. The standard InChI is InChI=1S/C30H53N11O3/c1-3-9-24(4-2)33-16-7-13-32-14-8-17-41-22-25(38-39-41)21-35-30-36-26(31)20-27(37-30)40-18-11-23(12-19-40)29(44)34-15-6-5-10-28(42)43/h20,22-24,32-33H,3-19,21H2,1-2H3,(H,34,44)(H,42,43)(H3,31,35,36,37). The fraction of sp³-hybridized carbons (Fsp3) is 0.733. The minimum atomic E-state index is -0.809. The fourth-order valence-electron chi connectivity index (χ4n) is 5.33. The molecule has 3 rings (SSSR count). The number of rotatable bonds is 22. The van der Waals surface area contributed by atoms with Gasteiger partial charge >= 0.3 is 5.97 Å². The molecule has 0 bridgehead atoms. The Balaban J connectivity index is 1.33. The largest absolute Gasteiger partial charge is 0.481 e. The molecule has 1 amide bonds. The van der Waals surface area contributed by atoms with Gasteiger partial charge in [-0.05, 0) is 71.0 Å². The monoisotopic (exact) mass is 615 g/mol. The number of nitrogens with zero attached hydrogens (tertiary/aromatic N) is 6. The Morgan fingerprint density at radius 1 is 1.07 bits per heavy atom. The molecule has 1 atom stereocenters. The summed E-state index contributed by atoms with van der Waals surface area (Å²) in [5.74, 6) is 0.685. The van der Waals surface area contributed by atoms with Gasteiger partial charge in [-0.2, -0.15) is 9.97 Å². The van der Waals surface area contributed by atoms with Crippen molar-refractivity contribution < 1.29 is 14.7 Å². The SMILES string of the molecule is CCCC(CC)NCCCNCCCn1cc(CNc2nc(N)cc(N3CCC(C(=O)NCCCCC(=O)O)CC3)n2)nn1. The zero-order valence-electron chi connectivity index (χ0n) is 26.6. The number of aryl methyl sites for hydroxylation is 1. The molecule has 44 heavy (non-hydrogen) atoms. The number of nitrogens with one attached hydrogen (secondary N) is 4. The Hall–Kier alpha value is -3.52. The second kappa shape index (κ2) is 19.7. The van der Waals surface area contributed by atoms with Crippen LogP contribution in [0.5, 0.6) is 0 Å². The third-order valence-electron chi connectivity index (χ3n) is 7.89. The average Bonchev–Trinajstić information content (AvgIpc) is 3.47. The van der Waals surface area contributed by atoms with Crippen LogP contribution in [0.3, 0.4) is 0 Å². The Morgan fingerprint density at radius 2 is 1.86 bits per heavy atom. The van der Waals surface area contributed by atoms with Crippen molar-refractivity contribution in [2.45, 2.75) is 97.2 Å². The van der Waals surface area contributed by atoms with Crippen molar-refractivity contribution in [1.82, 2.24) is 40.9 Å². The van der Waals surface area contributed by atoms with Crippen molar-refractivity contribution in [3.05, 3.63) is 18.0 Å². The predicted molar refractivity (Wildman–Crippen MR) is 172 cm³/mol. The van der Waals surface area contributed by atoms with Crippen LogP contribution in [-0.4, -0.2) is 87.3 Å². The number of hydrogen-bond acceptors (Lipinski definition) is 11. The summed E-state index contributed by atoms with van der Waals surface area (Å²) in [4.78, 5) is 34.2. The Bertz CT molecular complexity index is 1120. The second-order valence-corrected chi connectivity index (χ2v) is 11.5. The van der Waals surface area contributed by atoms with Gasteiger partial charge in [-0.3, -0.25) is 14.3 Å². The minimum Gasteiger partial charge on any atom is -0.481 e. The van der Waals surface area contributed by atoms with E-state index in [4.69, 9.17) is 10.8 Å². The summed E-state index contributed by atoms with van der Waals surface area (Å²) in [7, 11) is 0. The van der Waals surface area contributed by atoms with Gasteiger partial charge in [-0.1, -0.05) is 25.5 Å². The van der Waals surface area contributed by atoms with Crippen molar-refractivity contribution in [3.8, 4) is 0 Å². The van der Waals surface area contributed by atoms with E-state index in [2.05, 4.69) is 60.3 Å². The molecule has 246 valence electrons. The molecule has 2 aromatic rings. The van der Waals surface area contributed by atoms with E-state index in [1.807, 2.05) is 10.9 Å². The summed E-state index contributed by atoms with van der Waals surface area (Å²) in [6.07, 6.45) is 10.5. The molecule has 0 aromatic carbocycles. The van der Waals surface area contributed by atoms with Crippen LogP contribution in [0.2, 0.25) is 0 Å². The molecule has 1 saturated heterocycles. The summed E-state index contributed by atoms with van der Waals surface area (Å²) in [5.41, 5.74) is 6.89. The van der Waals surface area contributed by atoms with Crippen LogP contribution < -0.4 is 31.9 Å². The number of piperidine rings is 1. The number of nitrogens with two attached hydrogens (primary N) is 1. The molecule has 1 unspecified atom stereocenters. The first-order valence-corrected chi connectivity index (χ1v) is 16.3. The number of aromatic nitrogens is 5. The molecule has 0 radical (unpaired) electrons. The van der Waals surface area contributed by atoms with Gasteiger partial charge in [-0.15, -0.1) is 5.10 Å². The van der Waals surface area contributed by atoms with E-state index in [-0.39, 0.29) is 18.2 Å². The third kappa shape index (κ3) is 13.0. The van der Waals surface area contributed by atoms with E-state index < -0.39 is 5.97 Å². The molecule has 0 saturated carbocycles. The molecule has 1 aliphatic heterocycles. The van der Waals surface area contributed by atoms with E-state index in [0.29, 0.717) is 69.7 Å². The molecule has 14 nitrogen and oxygen atoms in total. The number of nitrogen functional groups attached to an aromatic ring is 1. The number of hydrogen-bond donors (Lipinski definition) is 6. The lowest BCUT2D eigenvalue weighted by molar-refractivity contribution is -0.137. The zero-order chi connectivity index (χ0) is 31.6. The molecule has 0 aliphatic carbocycles. The fourth-order valence-corrected chi connectivity index (χ4v) is 5.33. The highest BCUT2D eigenvalue weighted by atomic mass is 16.4. The van der Waals surface area contributed by atoms with Crippen molar-refractivity contribution in [2.75, 3.05) is 55.2 Å². The van der Waals surface area contributed by atoms with Crippen LogP contribution in [0, 0.1) is 5.92 Å². The zero-order valence-corrected chi connectivity index (χ0v) is 26.6. The summed E-state index contributed by atoms with van der Waals surface area (Å²) in [6, 6.07) is 2.40. The lowest BCUT2D eigenvalue weighted by Crippen LogP contribution is -2.41. The maximum absolute atomic E-state index is 12.5. The van der Waals surface area contributed by atoms with Crippen LogP contribution in [0.1, 0.15) is 83.7 Å². The summed E-state index contributed by atoms with van der Waals surface area (Å²) < 4.78 is 1.86. The smallest absolute Gasteiger partial charge is 0.303 e. The van der Waals surface area contributed by atoms with Gasteiger partial charge in [0.2, 0.25) is 11.9 Å². The maximum atomic E-state index is 12.5. The van der Waals surface area contributed by atoms with Crippen LogP contribution in [0.25, 0.3) is 0 Å². The van der Waals surface area contributed by atoms with Gasteiger partial charge in [-0.25, -0.2) is 0 Å². The number of amides is 1.